The minimum Gasteiger partial charge on any atom is -0.325 e. The lowest BCUT2D eigenvalue weighted by Gasteiger charge is -2.19. The van der Waals surface area contributed by atoms with Crippen LogP contribution < -0.4 is 5.32 Å². The molecular formula is C21H22N2O2. The summed E-state index contributed by atoms with van der Waals surface area (Å²) in [7, 11) is 0. The number of hydrogen-bond donors (Lipinski definition) is 1. The van der Waals surface area contributed by atoms with E-state index in [1.54, 1.807) is 24.3 Å². The maximum atomic E-state index is 12.5. The summed E-state index contributed by atoms with van der Waals surface area (Å²) < 4.78 is 0. The zero-order valence-corrected chi connectivity index (χ0v) is 15.0. The summed E-state index contributed by atoms with van der Waals surface area (Å²) >= 11 is 0. The summed E-state index contributed by atoms with van der Waals surface area (Å²) in [6, 6.07) is 16.1. The first kappa shape index (κ1) is 18.4. The van der Waals surface area contributed by atoms with Gasteiger partial charge in [0.15, 0.2) is 11.7 Å². The Kier molecular flexibility index (Phi) is 5.38. The average molecular weight is 334 g/mol. The highest BCUT2D eigenvalue weighted by atomic mass is 16.2. The molecule has 0 heterocycles. The number of carbonyl (C=O) groups excluding carboxylic acids is 2. The van der Waals surface area contributed by atoms with E-state index >= 15 is 0 Å². The highest BCUT2D eigenvalue weighted by molar-refractivity contribution is 6.15. The van der Waals surface area contributed by atoms with Crippen LogP contribution in [-0.2, 0) is 10.2 Å². The molecule has 4 heteroatoms. The third-order valence-electron chi connectivity index (χ3n) is 4.01. The van der Waals surface area contributed by atoms with Crippen LogP contribution >= 0.6 is 0 Å². The molecule has 0 radical (unpaired) electrons. The van der Waals surface area contributed by atoms with Gasteiger partial charge in [0.1, 0.15) is 0 Å². The molecule has 0 aliphatic heterocycles. The topological polar surface area (TPSA) is 70.0 Å². The molecule has 1 atom stereocenters. The monoisotopic (exact) mass is 334 g/mol. The normalized spacial score (nSPS) is 12.1. The lowest BCUT2D eigenvalue weighted by Crippen LogP contribution is -2.28. The lowest BCUT2D eigenvalue weighted by molar-refractivity contribution is -0.117. The van der Waals surface area contributed by atoms with E-state index in [1.807, 2.05) is 37.3 Å². The summed E-state index contributed by atoms with van der Waals surface area (Å²) in [5.74, 6) is -2.48. The Morgan fingerprint density at radius 1 is 1.00 bits per heavy atom. The minimum atomic E-state index is -1.37. The molecule has 25 heavy (non-hydrogen) atoms. The smallest absolute Gasteiger partial charge is 0.249 e. The van der Waals surface area contributed by atoms with Gasteiger partial charge in [-0.15, -0.1) is 0 Å². The van der Waals surface area contributed by atoms with Gasteiger partial charge in [0, 0.05) is 11.3 Å². The molecule has 4 nitrogen and oxygen atoms in total. The number of carbonyl (C=O) groups is 2. The fourth-order valence-electron chi connectivity index (χ4n) is 2.39. The Morgan fingerprint density at radius 2 is 1.56 bits per heavy atom. The van der Waals surface area contributed by atoms with E-state index < -0.39 is 17.6 Å². The Labute approximate surface area is 148 Å². The van der Waals surface area contributed by atoms with Gasteiger partial charge in [-0.1, -0.05) is 62.7 Å². The quantitative estimate of drug-likeness (QED) is 0.671. The first-order valence-electron chi connectivity index (χ1n) is 8.14. The van der Waals surface area contributed by atoms with Gasteiger partial charge < -0.3 is 5.32 Å². The second kappa shape index (κ2) is 7.31. The van der Waals surface area contributed by atoms with Crippen molar-refractivity contribution in [3.63, 3.8) is 0 Å². The van der Waals surface area contributed by atoms with Crippen molar-refractivity contribution in [2.24, 2.45) is 5.92 Å². The van der Waals surface area contributed by atoms with Gasteiger partial charge in [-0.2, -0.15) is 5.26 Å². The van der Waals surface area contributed by atoms with Crippen molar-refractivity contribution in [1.29, 1.82) is 5.26 Å². The number of Topliss-reactive ketones (excluding diaryl/α,β-unsaturated/α-hetero) is 1. The molecule has 2 aromatic rings. The zero-order chi connectivity index (χ0) is 18.6. The molecule has 1 N–H and O–H groups in total. The largest absolute Gasteiger partial charge is 0.325 e. The van der Waals surface area contributed by atoms with Crippen LogP contribution in [0.15, 0.2) is 48.5 Å². The highest BCUT2D eigenvalue weighted by Gasteiger charge is 2.28. The van der Waals surface area contributed by atoms with Crippen LogP contribution in [0.4, 0.5) is 5.69 Å². The van der Waals surface area contributed by atoms with Crippen molar-refractivity contribution >= 4 is 17.4 Å². The number of nitrogens with one attached hydrogen (secondary N) is 1. The Bertz CT molecular complexity index is 807. The van der Waals surface area contributed by atoms with Crippen molar-refractivity contribution < 1.29 is 9.59 Å². The molecule has 2 aromatic carbocycles. The van der Waals surface area contributed by atoms with Gasteiger partial charge in [-0.25, -0.2) is 0 Å². The molecule has 0 fully saturated rings. The molecule has 0 saturated carbocycles. The summed E-state index contributed by atoms with van der Waals surface area (Å²) in [5, 5.41) is 11.9. The lowest BCUT2D eigenvalue weighted by atomic mass is 9.86. The number of benzene rings is 2. The molecule has 128 valence electrons. The van der Waals surface area contributed by atoms with Gasteiger partial charge in [0.2, 0.25) is 5.91 Å². The van der Waals surface area contributed by atoms with E-state index in [9.17, 15) is 14.9 Å². The Balaban J connectivity index is 2.16. The van der Waals surface area contributed by atoms with E-state index in [0.717, 1.165) is 11.1 Å². The van der Waals surface area contributed by atoms with E-state index in [-0.39, 0.29) is 5.41 Å². The molecule has 1 amide bonds. The second-order valence-corrected chi connectivity index (χ2v) is 7.11. The molecule has 2 rings (SSSR count). The average Bonchev–Trinajstić information content (AvgIpc) is 2.57. The third kappa shape index (κ3) is 4.54. The van der Waals surface area contributed by atoms with E-state index in [1.165, 1.54) is 0 Å². The maximum Gasteiger partial charge on any atom is 0.249 e. The van der Waals surface area contributed by atoms with Gasteiger partial charge in [0.05, 0.1) is 6.07 Å². The number of amides is 1. The van der Waals surface area contributed by atoms with E-state index in [0.29, 0.717) is 11.3 Å². The second-order valence-electron chi connectivity index (χ2n) is 7.11. The van der Waals surface area contributed by atoms with Crippen LogP contribution in [-0.4, -0.2) is 11.7 Å². The van der Waals surface area contributed by atoms with Crippen LogP contribution in [0, 0.1) is 24.2 Å². The van der Waals surface area contributed by atoms with Crippen LogP contribution in [0.25, 0.3) is 0 Å². The molecule has 0 spiro atoms. The molecule has 0 aliphatic rings. The van der Waals surface area contributed by atoms with Crippen molar-refractivity contribution in [3.05, 3.63) is 65.2 Å². The van der Waals surface area contributed by atoms with Gasteiger partial charge in [-0.05, 0) is 30.0 Å². The predicted molar refractivity (Wildman–Crippen MR) is 98.4 cm³/mol. The van der Waals surface area contributed by atoms with Crippen LogP contribution in [0.3, 0.4) is 0 Å². The Morgan fingerprint density at radius 3 is 2.04 bits per heavy atom. The maximum absolute atomic E-state index is 12.5. The van der Waals surface area contributed by atoms with Crippen molar-refractivity contribution in [1.82, 2.24) is 0 Å². The van der Waals surface area contributed by atoms with Gasteiger partial charge in [0.25, 0.3) is 0 Å². The fraction of sp³-hybridized carbons (Fsp3) is 0.286. The van der Waals surface area contributed by atoms with E-state index in [2.05, 4.69) is 26.1 Å². The number of anilines is 1. The Hall–Kier alpha value is -2.93. The number of aryl methyl sites for hydroxylation is 1. The number of nitriles is 1. The molecule has 0 aliphatic carbocycles. The first-order chi connectivity index (χ1) is 11.7. The van der Waals surface area contributed by atoms with Crippen molar-refractivity contribution in [3.8, 4) is 6.07 Å². The molecule has 1 unspecified atom stereocenters. The number of hydrogen-bond acceptors (Lipinski definition) is 3. The fourth-order valence-corrected chi connectivity index (χ4v) is 2.39. The van der Waals surface area contributed by atoms with Crippen LogP contribution in [0.5, 0.6) is 0 Å². The van der Waals surface area contributed by atoms with Gasteiger partial charge >= 0.3 is 0 Å². The van der Waals surface area contributed by atoms with Crippen LogP contribution in [0.1, 0.15) is 42.3 Å². The summed E-state index contributed by atoms with van der Waals surface area (Å²) in [6.07, 6.45) is 0. The molecular weight excluding hydrogens is 312 g/mol. The predicted octanol–water partition coefficient (Wildman–Crippen LogP) is 4.25. The van der Waals surface area contributed by atoms with Crippen molar-refractivity contribution in [2.45, 2.75) is 33.1 Å². The third-order valence-corrected chi connectivity index (χ3v) is 4.01. The highest BCUT2D eigenvalue weighted by Crippen LogP contribution is 2.23. The van der Waals surface area contributed by atoms with Gasteiger partial charge in [-0.3, -0.25) is 9.59 Å². The summed E-state index contributed by atoms with van der Waals surface area (Å²) in [5.41, 5.74) is 3.04. The van der Waals surface area contributed by atoms with Crippen LogP contribution in [0.2, 0.25) is 0 Å². The molecule has 0 aromatic heterocycles. The van der Waals surface area contributed by atoms with Crippen molar-refractivity contribution in [2.75, 3.05) is 5.32 Å². The number of ketones is 1. The number of nitrogens with zero attached hydrogens (tertiary/aromatic N) is 1. The summed E-state index contributed by atoms with van der Waals surface area (Å²) in [6.45, 7) is 8.18. The first-order valence-corrected chi connectivity index (χ1v) is 8.14. The molecule has 0 saturated heterocycles. The standard InChI is InChI=1S/C21H22N2O2/c1-14-5-11-17(12-6-14)23-20(25)18(13-22)19(24)15-7-9-16(10-8-15)21(2,3)4/h5-12,18H,1-4H3,(H,23,25). The number of rotatable bonds is 4. The minimum absolute atomic E-state index is 0.0287. The zero-order valence-electron chi connectivity index (χ0n) is 15.0. The van der Waals surface area contributed by atoms with E-state index in [4.69, 9.17) is 0 Å². The summed E-state index contributed by atoms with van der Waals surface area (Å²) in [4.78, 5) is 24.9. The molecule has 0 bridgehead atoms. The SMILES string of the molecule is Cc1ccc(NC(=O)C(C#N)C(=O)c2ccc(C(C)(C)C)cc2)cc1.